The molecule has 166 valence electrons. The van der Waals surface area contributed by atoms with Crippen molar-refractivity contribution in [3.05, 3.63) is 64.4 Å². The molecule has 2 aromatic rings. The van der Waals surface area contributed by atoms with Gasteiger partial charge in [0.2, 0.25) is 10.0 Å². The standard InChI is InChI=1S/C22H23ClFNO5S/c23-20-11-10-18(31(28,29)25-12-2-1-3-13-25)15-19(20)22(27)30-14-4-5-21(26)16-6-8-17(24)9-7-16/h6-11,15H,1-5,12-14H2. The molecule has 0 aromatic heterocycles. The summed E-state index contributed by atoms with van der Waals surface area (Å²) in [5.41, 5.74) is 0.344. The van der Waals surface area contributed by atoms with Crippen LogP contribution in [0.4, 0.5) is 4.39 Å². The van der Waals surface area contributed by atoms with Crippen LogP contribution in [0.15, 0.2) is 47.4 Å². The summed E-state index contributed by atoms with van der Waals surface area (Å²) < 4.78 is 45.2. The van der Waals surface area contributed by atoms with Gasteiger partial charge in [0.05, 0.1) is 22.1 Å². The lowest BCUT2D eigenvalue weighted by Crippen LogP contribution is -2.35. The number of ketones is 1. The summed E-state index contributed by atoms with van der Waals surface area (Å²) in [6, 6.07) is 9.20. The zero-order valence-electron chi connectivity index (χ0n) is 16.9. The Labute approximate surface area is 186 Å². The first-order valence-electron chi connectivity index (χ1n) is 10.0. The van der Waals surface area contributed by atoms with E-state index in [4.69, 9.17) is 16.3 Å². The predicted molar refractivity (Wildman–Crippen MR) is 114 cm³/mol. The molecule has 1 fully saturated rings. The zero-order valence-corrected chi connectivity index (χ0v) is 18.4. The molecule has 6 nitrogen and oxygen atoms in total. The molecular formula is C22H23ClFNO5S. The van der Waals surface area contributed by atoms with E-state index in [9.17, 15) is 22.4 Å². The second-order valence-electron chi connectivity index (χ2n) is 7.28. The summed E-state index contributed by atoms with van der Waals surface area (Å²) in [5.74, 6) is -1.37. The monoisotopic (exact) mass is 467 g/mol. The molecule has 1 saturated heterocycles. The summed E-state index contributed by atoms with van der Waals surface area (Å²) in [5, 5.41) is 0.0879. The van der Waals surface area contributed by atoms with Gasteiger partial charge in [-0.2, -0.15) is 4.31 Å². The number of benzene rings is 2. The molecule has 0 spiro atoms. The van der Waals surface area contributed by atoms with Crippen molar-refractivity contribution in [3.63, 3.8) is 0 Å². The van der Waals surface area contributed by atoms with E-state index < -0.39 is 21.8 Å². The number of hydrogen-bond donors (Lipinski definition) is 0. The summed E-state index contributed by atoms with van der Waals surface area (Å²) in [7, 11) is -3.71. The summed E-state index contributed by atoms with van der Waals surface area (Å²) in [6.07, 6.45) is 2.99. The Morgan fingerprint density at radius 1 is 1.03 bits per heavy atom. The molecule has 0 unspecified atom stereocenters. The number of carbonyl (C=O) groups excluding carboxylic acids is 2. The third kappa shape index (κ3) is 5.90. The number of Topliss-reactive ketones (excluding diaryl/α,β-unsaturated/α-hetero) is 1. The highest BCUT2D eigenvalue weighted by Crippen LogP contribution is 2.25. The molecule has 0 saturated carbocycles. The van der Waals surface area contributed by atoms with Gasteiger partial charge in [-0.05, 0) is 61.7 Å². The smallest absolute Gasteiger partial charge is 0.339 e. The van der Waals surface area contributed by atoms with Crippen LogP contribution in [-0.4, -0.2) is 44.2 Å². The van der Waals surface area contributed by atoms with Crippen LogP contribution >= 0.6 is 11.6 Å². The van der Waals surface area contributed by atoms with Gasteiger partial charge < -0.3 is 4.74 Å². The van der Waals surface area contributed by atoms with Gasteiger partial charge >= 0.3 is 5.97 Å². The van der Waals surface area contributed by atoms with Gasteiger partial charge in [0.25, 0.3) is 0 Å². The van der Waals surface area contributed by atoms with E-state index in [2.05, 4.69) is 0 Å². The largest absolute Gasteiger partial charge is 0.462 e. The Bertz CT molecular complexity index is 1050. The van der Waals surface area contributed by atoms with E-state index in [1.165, 1.54) is 46.8 Å². The van der Waals surface area contributed by atoms with Crippen LogP contribution in [0.1, 0.15) is 52.8 Å². The quantitative estimate of drug-likeness (QED) is 0.325. The third-order valence-electron chi connectivity index (χ3n) is 5.06. The fraction of sp³-hybridized carbons (Fsp3) is 0.364. The highest BCUT2D eigenvalue weighted by atomic mass is 35.5. The lowest BCUT2D eigenvalue weighted by atomic mass is 10.1. The van der Waals surface area contributed by atoms with Gasteiger partial charge in [-0.25, -0.2) is 17.6 Å². The Hall–Kier alpha value is -2.29. The maximum atomic E-state index is 12.9. The highest BCUT2D eigenvalue weighted by molar-refractivity contribution is 7.89. The molecule has 0 aliphatic carbocycles. The average Bonchev–Trinajstić information content (AvgIpc) is 2.77. The zero-order chi connectivity index (χ0) is 22.4. The fourth-order valence-corrected chi connectivity index (χ4v) is 5.07. The molecule has 2 aromatic carbocycles. The Kier molecular flexibility index (Phi) is 7.80. The van der Waals surface area contributed by atoms with E-state index in [-0.39, 0.29) is 40.7 Å². The van der Waals surface area contributed by atoms with Crippen LogP contribution in [0.3, 0.4) is 0 Å². The number of rotatable bonds is 8. The molecule has 9 heteroatoms. The van der Waals surface area contributed by atoms with Crippen LogP contribution in [0, 0.1) is 5.82 Å². The van der Waals surface area contributed by atoms with Crippen LogP contribution in [0.5, 0.6) is 0 Å². The molecule has 1 aliphatic heterocycles. The minimum Gasteiger partial charge on any atom is -0.462 e. The minimum atomic E-state index is -3.71. The van der Waals surface area contributed by atoms with Crippen molar-refractivity contribution in [1.82, 2.24) is 4.31 Å². The minimum absolute atomic E-state index is 0.00256. The average molecular weight is 468 g/mol. The summed E-state index contributed by atoms with van der Waals surface area (Å²) in [6.45, 7) is 0.866. The Morgan fingerprint density at radius 2 is 1.71 bits per heavy atom. The van der Waals surface area contributed by atoms with Crippen molar-refractivity contribution in [2.45, 2.75) is 37.0 Å². The molecule has 0 atom stereocenters. The van der Waals surface area contributed by atoms with Crippen LogP contribution in [0.2, 0.25) is 5.02 Å². The van der Waals surface area contributed by atoms with Gasteiger partial charge in [-0.1, -0.05) is 18.0 Å². The van der Waals surface area contributed by atoms with Gasteiger partial charge in [0, 0.05) is 25.1 Å². The molecule has 1 aliphatic rings. The van der Waals surface area contributed by atoms with E-state index in [1.807, 2.05) is 0 Å². The van der Waals surface area contributed by atoms with E-state index >= 15 is 0 Å². The van der Waals surface area contributed by atoms with E-state index in [1.54, 1.807) is 0 Å². The molecule has 3 rings (SSSR count). The second-order valence-corrected chi connectivity index (χ2v) is 9.62. The molecule has 1 heterocycles. The lowest BCUT2D eigenvalue weighted by molar-refractivity contribution is 0.0494. The molecule has 0 N–H and O–H groups in total. The first-order valence-corrected chi connectivity index (χ1v) is 11.9. The fourth-order valence-electron chi connectivity index (χ4n) is 3.33. The van der Waals surface area contributed by atoms with E-state index in [0.717, 1.165) is 19.3 Å². The second kappa shape index (κ2) is 10.3. The van der Waals surface area contributed by atoms with Crippen molar-refractivity contribution in [2.24, 2.45) is 0 Å². The Balaban J connectivity index is 1.59. The maximum Gasteiger partial charge on any atom is 0.339 e. The number of halogens is 2. The van der Waals surface area contributed by atoms with Gasteiger partial charge in [0.1, 0.15) is 5.82 Å². The SMILES string of the molecule is O=C(CCCOC(=O)c1cc(S(=O)(=O)N2CCCCC2)ccc1Cl)c1ccc(F)cc1. The predicted octanol–water partition coefficient (Wildman–Crippen LogP) is 4.47. The normalized spacial score (nSPS) is 14.9. The van der Waals surface area contributed by atoms with Crippen LogP contribution in [-0.2, 0) is 14.8 Å². The van der Waals surface area contributed by atoms with Crippen molar-refractivity contribution in [1.29, 1.82) is 0 Å². The van der Waals surface area contributed by atoms with Gasteiger partial charge in [0.15, 0.2) is 5.78 Å². The Morgan fingerprint density at radius 3 is 2.39 bits per heavy atom. The first kappa shape index (κ1) is 23.4. The number of esters is 1. The molecule has 31 heavy (non-hydrogen) atoms. The number of carbonyl (C=O) groups is 2. The van der Waals surface area contributed by atoms with Crippen molar-refractivity contribution in [3.8, 4) is 0 Å². The number of nitrogens with zero attached hydrogens (tertiary/aromatic N) is 1. The summed E-state index contributed by atoms with van der Waals surface area (Å²) >= 11 is 6.09. The van der Waals surface area contributed by atoms with E-state index in [0.29, 0.717) is 18.7 Å². The topological polar surface area (TPSA) is 80.8 Å². The summed E-state index contributed by atoms with van der Waals surface area (Å²) in [4.78, 5) is 24.5. The number of hydrogen-bond acceptors (Lipinski definition) is 5. The highest BCUT2D eigenvalue weighted by Gasteiger charge is 2.27. The molecule has 0 amide bonds. The third-order valence-corrected chi connectivity index (χ3v) is 7.28. The van der Waals surface area contributed by atoms with Crippen LogP contribution in [0.25, 0.3) is 0 Å². The number of piperidine rings is 1. The van der Waals surface area contributed by atoms with Crippen LogP contribution < -0.4 is 0 Å². The van der Waals surface area contributed by atoms with Gasteiger partial charge in [-0.15, -0.1) is 0 Å². The van der Waals surface area contributed by atoms with Crippen molar-refractivity contribution < 1.29 is 27.1 Å². The van der Waals surface area contributed by atoms with Crippen molar-refractivity contribution in [2.75, 3.05) is 19.7 Å². The number of sulfonamides is 1. The molecular weight excluding hydrogens is 445 g/mol. The van der Waals surface area contributed by atoms with Gasteiger partial charge in [-0.3, -0.25) is 4.79 Å². The lowest BCUT2D eigenvalue weighted by Gasteiger charge is -2.26. The first-order chi connectivity index (χ1) is 14.8. The maximum absolute atomic E-state index is 12.9. The van der Waals surface area contributed by atoms with Crippen molar-refractivity contribution >= 4 is 33.4 Å². The molecule has 0 bridgehead atoms. The number of ether oxygens (including phenoxy) is 1. The molecule has 0 radical (unpaired) electrons.